The van der Waals surface area contributed by atoms with Crippen LogP contribution >= 0.6 is 0 Å². The van der Waals surface area contributed by atoms with Gasteiger partial charge in [0.2, 0.25) is 0 Å². The highest BCUT2D eigenvalue weighted by atomic mass is 16.3. The molecule has 38 heavy (non-hydrogen) atoms. The van der Waals surface area contributed by atoms with Crippen LogP contribution in [0.4, 0.5) is 0 Å². The van der Waals surface area contributed by atoms with E-state index in [4.69, 9.17) is 10.5 Å². The van der Waals surface area contributed by atoms with E-state index in [-0.39, 0.29) is 41.5 Å². The van der Waals surface area contributed by atoms with Gasteiger partial charge in [-0.1, -0.05) is 13.8 Å². The van der Waals surface area contributed by atoms with Crippen LogP contribution in [0.2, 0.25) is 0 Å². The van der Waals surface area contributed by atoms with E-state index in [2.05, 4.69) is 17.2 Å². The molecule has 0 bridgehead atoms. The van der Waals surface area contributed by atoms with Gasteiger partial charge < -0.3 is 15.3 Å². The van der Waals surface area contributed by atoms with Gasteiger partial charge in [0.05, 0.1) is 18.2 Å². The number of carbonyl (C=O) groups excluding carboxylic acids is 2. The van der Waals surface area contributed by atoms with Crippen molar-refractivity contribution in [2.75, 3.05) is 6.61 Å². The van der Waals surface area contributed by atoms with Crippen molar-refractivity contribution in [1.29, 1.82) is 10.5 Å². The molecular weight excluding hydrogens is 484 g/mol. The van der Waals surface area contributed by atoms with Gasteiger partial charge in [-0.3, -0.25) is 9.59 Å². The molecule has 0 aromatic rings. The maximum Gasteiger partial charge on any atom is 0.190 e. The standard InChI is InChI=1S/C21H32O5.C8H12N4/c1-19-7-5-13(23)9-12(19)3-4-14-15-6-8-21(26,17(25)11-22)20(15,2)10-16(24)18(14)19;1-7(2,5-9)11-12-8(3,4)6-10/h12-15,18,22-23,26H,3-11H2,1-2H3;1-4H3/b;12-11+/t12-,13-,14+,15+,18-,19+,20+,21+;/m1./s1. The zero-order chi connectivity index (χ0) is 28.7. The van der Waals surface area contributed by atoms with Crippen LogP contribution in [0.1, 0.15) is 92.9 Å². The number of nitrogens with zero attached hydrogens (tertiary/aromatic N) is 4. The molecule has 4 fully saturated rings. The molecule has 4 saturated carbocycles. The molecule has 0 saturated heterocycles. The van der Waals surface area contributed by atoms with Gasteiger partial charge in [0.15, 0.2) is 16.9 Å². The molecule has 0 radical (unpaired) electrons. The van der Waals surface area contributed by atoms with Crippen LogP contribution in [0, 0.1) is 57.2 Å². The molecule has 0 aromatic heterocycles. The third kappa shape index (κ3) is 5.18. The number of carbonyl (C=O) groups is 2. The van der Waals surface area contributed by atoms with E-state index in [1.807, 2.05) is 19.1 Å². The Bertz CT molecular complexity index is 1030. The van der Waals surface area contributed by atoms with Crippen molar-refractivity contribution in [3.05, 3.63) is 0 Å². The van der Waals surface area contributed by atoms with Crippen molar-refractivity contribution in [3.8, 4) is 12.1 Å². The smallest absolute Gasteiger partial charge is 0.190 e. The predicted molar refractivity (Wildman–Crippen MR) is 139 cm³/mol. The lowest BCUT2D eigenvalue weighted by atomic mass is 9.44. The molecule has 3 N–H and O–H groups in total. The Labute approximate surface area is 226 Å². The second-order valence-corrected chi connectivity index (χ2v) is 13.5. The Morgan fingerprint density at radius 3 is 2.13 bits per heavy atom. The lowest BCUT2D eigenvalue weighted by Gasteiger charge is -2.60. The number of aliphatic hydroxyl groups excluding tert-OH is 2. The Kier molecular flexibility index (Phi) is 8.31. The quantitative estimate of drug-likeness (QED) is 0.465. The summed E-state index contributed by atoms with van der Waals surface area (Å²) in [6.07, 6.45) is 5.47. The Balaban J connectivity index is 0.000000284. The number of aliphatic hydroxyl groups is 3. The molecule has 8 atom stereocenters. The van der Waals surface area contributed by atoms with Gasteiger partial charge in [0, 0.05) is 17.8 Å². The number of fused-ring (bicyclic) bond motifs is 5. The van der Waals surface area contributed by atoms with Gasteiger partial charge in [-0.15, -0.1) is 0 Å². The van der Waals surface area contributed by atoms with Crippen LogP contribution < -0.4 is 0 Å². The molecule has 4 aliphatic rings. The number of hydrogen-bond acceptors (Lipinski definition) is 9. The number of rotatable bonds is 4. The zero-order valence-electron chi connectivity index (χ0n) is 23.7. The van der Waals surface area contributed by atoms with Crippen molar-refractivity contribution in [1.82, 2.24) is 0 Å². The van der Waals surface area contributed by atoms with Gasteiger partial charge in [0.1, 0.15) is 18.0 Å². The first kappa shape index (κ1) is 30.3. The van der Waals surface area contributed by atoms with Gasteiger partial charge >= 0.3 is 0 Å². The topological polar surface area (TPSA) is 167 Å². The summed E-state index contributed by atoms with van der Waals surface area (Å²) in [5, 5.41) is 55.3. The van der Waals surface area contributed by atoms with Crippen LogP contribution in [0.15, 0.2) is 10.2 Å². The lowest BCUT2D eigenvalue weighted by Crippen LogP contribution is -2.62. The lowest BCUT2D eigenvalue weighted by molar-refractivity contribution is -0.180. The maximum atomic E-state index is 13.4. The van der Waals surface area contributed by atoms with Gasteiger partial charge in [-0.25, -0.2) is 0 Å². The molecule has 0 spiro atoms. The average molecular weight is 529 g/mol. The zero-order valence-corrected chi connectivity index (χ0v) is 23.7. The maximum absolute atomic E-state index is 13.4. The first-order valence-electron chi connectivity index (χ1n) is 13.8. The third-order valence-corrected chi connectivity index (χ3v) is 10.2. The molecule has 4 aliphatic carbocycles. The molecular formula is C29H44N4O5. The average Bonchev–Trinajstić information content (AvgIpc) is 3.14. The largest absolute Gasteiger partial charge is 0.393 e. The third-order valence-electron chi connectivity index (χ3n) is 10.2. The Morgan fingerprint density at radius 2 is 1.61 bits per heavy atom. The fraction of sp³-hybridized carbons (Fsp3) is 0.862. The minimum absolute atomic E-state index is 0.0154. The minimum Gasteiger partial charge on any atom is -0.393 e. The molecule has 0 aliphatic heterocycles. The summed E-state index contributed by atoms with van der Waals surface area (Å²) in [7, 11) is 0. The van der Waals surface area contributed by atoms with Crippen molar-refractivity contribution in [2.45, 2.75) is 116 Å². The fourth-order valence-corrected chi connectivity index (χ4v) is 7.94. The second kappa shape index (κ2) is 10.4. The summed E-state index contributed by atoms with van der Waals surface area (Å²) in [5.74, 6) is 0.380. The predicted octanol–water partition coefficient (Wildman–Crippen LogP) is 3.90. The van der Waals surface area contributed by atoms with Crippen LogP contribution in [-0.4, -0.2) is 56.3 Å². The highest BCUT2D eigenvalue weighted by molar-refractivity contribution is 5.92. The minimum atomic E-state index is -1.58. The molecule has 210 valence electrons. The Hall–Kier alpha value is -2.20. The normalized spacial score (nSPS) is 40.6. The number of hydrogen-bond donors (Lipinski definition) is 3. The van der Waals surface area contributed by atoms with Gasteiger partial charge in [0.25, 0.3) is 0 Å². The molecule has 0 aromatic carbocycles. The molecule has 0 heterocycles. The summed E-state index contributed by atoms with van der Waals surface area (Å²) < 4.78 is 0. The Morgan fingerprint density at radius 1 is 1.03 bits per heavy atom. The monoisotopic (exact) mass is 528 g/mol. The summed E-state index contributed by atoms with van der Waals surface area (Å²) in [6, 6.07) is 3.94. The second-order valence-electron chi connectivity index (χ2n) is 13.5. The van der Waals surface area contributed by atoms with E-state index in [0.717, 1.165) is 38.5 Å². The number of Topliss-reactive ketones (excluding diaryl/α,β-unsaturated/α-hetero) is 2. The molecule has 0 amide bonds. The molecule has 0 unspecified atom stereocenters. The SMILES string of the molecule is CC(C)(C#N)/N=N/C(C)(C)C#N.C[C@]12CC[C@@H](O)C[C@H]1CC[C@@H]1[C@@H]2C(=O)C[C@@]2(C)[C@H]1CC[C@]2(O)C(=O)CO. The van der Waals surface area contributed by atoms with Crippen molar-refractivity contribution in [2.24, 2.45) is 44.7 Å². The summed E-state index contributed by atoms with van der Waals surface area (Å²) in [5.41, 5.74) is -4.08. The van der Waals surface area contributed by atoms with E-state index >= 15 is 0 Å². The molecule has 4 rings (SSSR count). The first-order chi connectivity index (χ1) is 17.5. The van der Waals surface area contributed by atoms with E-state index in [9.17, 15) is 24.9 Å². The van der Waals surface area contributed by atoms with E-state index in [1.54, 1.807) is 27.7 Å². The van der Waals surface area contributed by atoms with Gasteiger partial charge in [-0.05, 0) is 95.8 Å². The van der Waals surface area contributed by atoms with Crippen molar-refractivity contribution < 1.29 is 24.9 Å². The number of ketones is 2. The molecule has 9 nitrogen and oxygen atoms in total. The number of azo groups is 1. The first-order valence-corrected chi connectivity index (χ1v) is 13.8. The number of nitriles is 2. The van der Waals surface area contributed by atoms with Crippen LogP contribution in [0.5, 0.6) is 0 Å². The van der Waals surface area contributed by atoms with Crippen LogP contribution in [-0.2, 0) is 9.59 Å². The van der Waals surface area contributed by atoms with E-state index in [1.165, 1.54) is 0 Å². The van der Waals surface area contributed by atoms with Gasteiger partial charge in [-0.2, -0.15) is 20.8 Å². The van der Waals surface area contributed by atoms with Crippen molar-refractivity contribution >= 4 is 11.6 Å². The molecule has 9 heteroatoms. The highest BCUT2D eigenvalue weighted by Crippen LogP contribution is 2.67. The highest BCUT2D eigenvalue weighted by Gasteiger charge is 2.68. The summed E-state index contributed by atoms with van der Waals surface area (Å²) >= 11 is 0. The van der Waals surface area contributed by atoms with E-state index in [0.29, 0.717) is 12.3 Å². The summed E-state index contributed by atoms with van der Waals surface area (Å²) in [6.45, 7) is 10.0. The summed E-state index contributed by atoms with van der Waals surface area (Å²) in [4.78, 5) is 25.7. The fourth-order valence-electron chi connectivity index (χ4n) is 7.94. The van der Waals surface area contributed by atoms with Crippen LogP contribution in [0.25, 0.3) is 0 Å². The van der Waals surface area contributed by atoms with Crippen molar-refractivity contribution in [3.63, 3.8) is 0 Å². The van der Waals surface area contributed by atoms with E-state index < -0.39 is 34.5 Å². The van der Waals surface area contributed by atoms with Crippen LogP contribution in [0.3, 0.4) is 0 Å².